The molecule has 0 radical (unpaired) electrons. The van der Waals surface area contributed by atoms with Gasteiger partial charge in [-0.3, -0.25) is 0 Å². The van der Waals surface area contributed by atoms with Crippen LogP contribution in [0.25, 0.3) is 16.7 Å². The second-order valence-electron chi connectivity index (χ2n) is 11.3. The lowest BCUT2D eigenvalue weighted by Gasteiger charge is -2.34. The van der Waals surface area contributed by atoms with Crippen LogP contribution in [0.5, 0.6) is 6.01 Å². The third-order valence-electron chi connectivity index (χ3n) is 7.29. The predicted molar refractivity (Wildman–Crippen MR) is 147 cm³/mol. The van der Waals surface area contributed by atoms with Crippen LogP contribution < -0.4 is 9.64 Å². The number of aliphatic hydroxyl groups is 1. The monoisotopic (exact) mass is 538 g/mol. The summed E-state index contributed by atoms with van der Waals surface area (Å²) < 4.78 is 18.4. The van der Waals surface area contributed by atoms with Crippen LogP contribution in [-0.4, -0.2) is 94.1 Å². The molecule has 4 heterocycles. The number of piperidine rings is 1. The third kappa shape index (κ3) is 5.94. The van der Waals surface area contributed by atoms with Crippen molar-refractivity contribution in [2.24, 2.45) is 0 Å². The van der Waals surface area contributed by atoms with Crippen LogP contribution in [0, 0.1) is 6.92 Å². The molecular formula is C28H38N6O5. The Morgan fingerprint density at radius 3 is 2.56 bits per heavy atom. The number of benzene rings is 1. The van der Waals surface area contributed by atoms with Crippen LogP contribution in [-0.2, 0) is 9.47 Å². The summed E-state index contributed by atoms with van der Waals surface area (Å²) in [6, 6.07) is 6.52. The van der Waals surface area contributed by atoms with E-state index in [2.05, 4.69) is 39.0 Å². The van der Waals surface area contributed by atoms with Crippen molar-refractivity contribution in [1.29, 1.82) is 0 Å². The van der Waals surface area contributed by atoms with Crippen molar-refractivity contribution >= 4 is 22.8 Å². The lowest BCUT2D eigenvalue weighted by atomic mass is 9.86. The molecule has 0 aliphatic carbocycles. The van der Waals surface area contributed by atoms with Gasteiger partial charge in [0.2, 0.25) is 0 Å². The number of carbonyl (C=O) groups excluding carboxylic acids is 1. The number of rotatable bonds is 5. The van der Waals surface area contributed by atoms with Crippen LogP contribution in [0.3, 0.4) is 0 Å². The summed E-state index contributed by atoms with van der Waals surface area (Å²) in [4.78, 5) is 25.6. The van der Waals surface area contributed by atoms with Gasteiger partial charge in [0, 0.05) is 37.6 Å². The third-order valence-corrected chi connectivity index (χ3v) is 7.29. The van der Waals surface area contributed by atoms with Gasteiger partial charge in [-0.2, -0.15) is 15.1 Å². The highest BCUT2D eigenvalue weighted by Crippen LogP contribution is 2.34. The van der Waals surface area contributed by atoms with Crippen molar-refractivity contribution < 1.29 is 24.1 Å². The number of hydrogen-bond donors (Lipinski definition) is 1. The number of methoxy groups -OCH3 is 1. The molecule has 1 atom stereocenters. The Morgan fingerprint density at radius 2 is 1.87 bits per heavy atom. The van der Waals surface area contributed by atoms with Gasteiger partial charge in [-0.25, -0.2) is 9.48 Å². The van der Waals surface area contributed by atoms with Crippen molar-refractivity contribution in [2.45, 2.75) is 58.2 Å². The van der Waals surface area contributed by atoms with Crippen LogP contribution in [0.1, 0.15) is 50.7 Å². The van der Waals surface area contributed by atoms with E-state index in [-0.39, 0.29) is 24.8 Å². The largest absolute Gasteiger partial charge is 0.467 e. The number of carbonyl (C=O) groups is 1. The first-order chi connectivity index (χ1) is 18.6. The number of anilines is 1. The Balaban J connectivity index is 1.42. The Bertz CT molecular complexity index is 1330. The molecule has 2 aliphatic heterocycles. The van der Waals surface area contributed by atoms with Gasteiger partial charge in [0.25, 0.3) is 0 Å². The SMILES string of the molecule is COc1nc(N2CCO[C@H](CO)C2)cc(-n2ncc3cc(C)c(C4CCN(C(=O)OC(C)(C)C)CC4)cc32)n1. The molecule has 1 N–H and O–H groups in total. The number of amides is 1. The Labute approximate surface area is 228 Å². The van der Waals surface area contributed by atoms with Crippen molar-refractivity contribution in [3.63, 3.8) is 0 Å². The quantitative estimate of drug-likeness (QED) is 0.522. The van der Waals surface area contributed by atoms with Gasteiger partial charge in [0.1, 0.15) is 11.4 Å². The average Bonchev–Trinajstić information content (AvgIpc) is 3.34. The molecule has 2 fully saturated rings. The molecule has 3 aromatic rings. The molecule has 11 heteroatoms. The van der Waals surface area contributed by atoms with Crippen molar-refractivity contribution in [1.82, 2.24) is 24.6 Å². The lowest BCUT2D eigenvalue weighted by molar-refractivity contribution is 0.00333. The second kappa shape index (κ2) is 11.0. The first-order valence-corrected chi connectivity index (χ1v) is 13.5. The Hall–Kier alpha value is -3.44. The summed E-state index contributed by atoms with van der Waals surface area (Å²) in [5.41, 5.74) is 2.92. The van der Waals surface area contributed by atoms with Gasteiger partial charge in [-0.1, -0.05) is 0 Å². The van der Waals surface area contributed by atoms with E-state index in [0.717, 1.165) is 23.7 Å². The molecule has 1 amide bonds. The molecular weight excluding hydrogens is 500 g/mol. The van der Waals surface area contributed by atoms with Gasteiger partial charge < -0.3 is 29.1 Å². The fourth-order valence-electron chi connectivity index (χ4n) is 5.33. The minimum Gasteiger partial charge on any atom is -0.467 e. The number of nitrogens with zero attached hydrogens (tertiary/aromatic N) is 6. The summed E-state index contributed by atoms with van der Waals surface area (Å²) in [6.07, 6.45) is 3.08. The molecule has 1 aromatic carbocycles. The fourth-order valence-corrected chi connectivity index (χ4v) is 5.33. The zero-order valence-corrected chi connectivity index (χ0v) is 23.4. The summed E-state index contributed by atoms with van der Waals surface area (Å²) in [5, 5.41) is 15.3. The van der Waals surface area contributed by atoms with E-state index in [9.17, 15) is 9.90 Å². The van der Waals surface area contributed by atoms with E-state index in [1.807, 2.05) is 42.6 Å². The van der Waals surface area contributed by atoms with Crippen LogP contribution >= 0.6 is 0 Å². The van der Waals surface area contributed by atoms with Gasteiger partial charge >= 0.3 is 12.1 Å². The van der Waals surface area contributed by atoms with Crippen LogP contribution in [0.15, 0.2) is 24.4 Å². The number of aliphatic hydroxyl groups excluding tert-OH is 1. The van der Waals surface area contributed by atoms with E-state index in [1.54, 1.807) is 7.11 Å². The first kappa shape index (κ1) is 27.1. The molecule has 0 saturated carbocycles. The first-order valence-electron chi connectivity index (χ1n) is 13.5. The highest BCUT2D eigenvalue weighted by molar-refractivity contribution is 5.82. The van der Waals surface area contributed by atoms with Crippen molar-refractivity contribution in [3.8, 4) is 11.8 Å². The van der Waals surface area contributed by atoms with E-state index in [1.165, 1.54) is 11.1 Å². The van der Waals surface area contributed by atoms with Gasteiger partial charge in [-0.15, -0.1) is 0 Å². The highest BCUT2D eigenvalue weighted by atomic mass is 16.6. The van der Waals surface area contributed by atoms with Gasteiger partial charge in [-0.05, 0) is 69.7 Å². The smallest absolute Gasteiger partial charge is 0.410 e. The van der Waals surface area contributed by atoms with E-state index < -0.39 is 5.60 Å². The fraction of sp³-hybridized carbons (Fsp3) is 0.571. The Kier molecular flexibility index (Phi) is 7.64. The summed E-state index contributed by atoms with van der Waals surface area (Å²) in [7, 11) is 1.55. The molecule has 210 valence electrons. The van der Waals surface area contributed by atoms with Gasteiger partial charge in [0.15, 0.2) is 5.82 Å². The molecule has 0 bridgehead atoms. The molecule has 0 spiro atoms. The summed E-state index contributed by atoms with van der Waals surface area (Å²) in [6.45, 7) is 10.8. The number of hydrogen-bond acceptors (Lipinski definition) is 9. The molecule has 0 unspecified atom stereocenters. The number of aromatic nitrogens is 4. The average molecular weight is 539 g/mol. The zero-order chi connectivity index (χ0) is 27.7. The maximum atomic E-state index is 12.5. The van der Waals surface area contributed by atoms with E-state index in [4.69, 9.17) is 14.2 Å². The predicted octanol–water partition coefficient (Wildman–Crippen LogP) is 3.44. The minimum absolute atomic E-state index is 0.0474. The molecule has 5 rings (SSSR count). The zero-order valence-electron chi connectivity index (χ0n) is 23.4. The number of ether oxygens (including phenoxy) is 3. The number of fused-ring (bicyclic) bond motifs is 1. The highest BCUT2D eigenvalue weighted by Gasteiger charge is 2.29. The number of aryl methyl sites for hydroxylation is 1. The van der Waals surface area contributed by atoms with Crippen molar-refractivity contribution in [3.05, 3.63) is 35.5 Å². The molecule has 2 aliphatic rings. The van der Waals surface area contributed by atoms with Crippen molar-refractivity contribution in [2.75, 3.05) is 51.4 Å². The topological polar surface area (TPSA) is 115 Å². The number of morpholine rings is 1. The maximum absolute atomic E-state index is 12.5. The molecule has 2 aromatic heterocycles. The molecule has 39 heavy (non-hydrogen) atoms. The minimum atomic E-state index is -0.500. The standard InChI is InChI=1S/C28H38N6O5/c1-18-12-20-15-29-34(25-14-24(30-26(31-25)37-5)33-10-11-38-21(16-33)17-35)23(20)13-22(18)19-6-8-32(9-7-19)27(36)39-28(2,3)4/h12-15,19,21,35H,6-11,16-17H2,1-5H3/t21-/m0/s1. The van der Waals surface area contributed by atoms with Gasteiger partial charge in [0.05, 0.1) is 38.1 Å². The summed E-state index contributed by atoms with van der Waals surface area (Å²) in [5.74, 6) is 1.63. The second-order valence-corrected chi connectivity index (χ2v) is 11.3. The maximum Gasteiger partial charge on any atom is 0.410 e. The molecule has 2 saturated heterocycles. The summed E-state index contributed by atoms with van der Waals surface area (Å²) >= 11 is 0. The Morgan fingerprint density at radius 1 is 1.13 bits per heavy atom. The molecule has 11 nitrogen and oxygen atoms in total. The van der Waals surface area contributed by atoms with E-state index in [0.29, 0.717) is 50.3 Å². The lowest BCUT2D eigenvalue weighted by Crippen LogP contribution is -2.44. The van der Waals surface area contributed by atoms with Crippen LogP contribution in [0.2, 0.25) is 0 Å². The number of likely N-dealkylation sites (tertiary alicyclic amines) is 1. The van der Waals surface area contributed by atoms with Crippen LogP contribution in [0.4, 0.5) is 10.6 Å². The van der Waals surface area contributed by atoms with E-state index >= 15 is 0 Å². The normalized spacial score (nSPS) is 19.0.